The molecular weight excluding hydrogens is 276 g/mol. The summed E-state index contributed by atoms with van der Waals surface area (Å²) in [5, 5.41) is 0. The summed E-state index contributed by atoms with van der Waals surface area (Å²) in [7, 11) is 1.35. The van der Waals surface area contributed by atoms with E-state index in [0.29, 0.717) is 16.9 Å². The first-order valence-electron chi connectivity index (χ1n) is 6.39. The molecule has 1 aromatic rings. The standard InChI is InChI=1S/C15H20O4S/c1-6-10(13(16)18-5)9-11-7-8-12(20-11)14(17)19-15(2,3)4/h7-9H,6H2,1-5H3/b10-9-. The first-order chi connectivity index (χ1) is 9.26. The maximum Gasteiger partial charge on any atom is 0.348 e. The van der Waals surface area contributed by atoms with E-state index in [1.165, 1.54) is 18.4 Å². The molecule has 0 unspecified atom stereocenters. The molecule has 0 N–H and O–H groups in total. The van der Waals surface area contributed by atoms with Crippen molar-refractivity contribution in [1.29, 1.82) is 0 Å². The van der Waals surface area contributed by atoms with Crippen LogP contribution in [0.1, 0.15) is 48.7 Å². The quantitative estimate of drug-likeness (QED) is 0.628. The SMILES string of the molecule is CC/C(=C/c1ccc(C(=O)OC(C)(C)C)s1)C(=O)OC. The zero-order valence-electron chi connectivity index (χ0n) is 12.5. The van der Waals surface area contributed by atoms with Gasteiger partial charge in [0.2, 0.25) is 0 Å². The lowest BCUT2D eigenvalue weighted by atomic mass is 10.2. The fourth-order valence-electron chi connectivity index (χ4n) is 1.48. The van der Waals surface area contributed by atoms with E-state index in [1.54, 1.807) is 18.2 Å². The van der Waals surface area contributed by atoms with Gasteiger partial charge in [0, 0.05) is 10.5 Å². The molecule has 0 bridgehead atoms. The van der Waals surface area contributed by atoms with Crippen molar-refractivity contribution in [2.45, 2.75) is 39.7 Å². The van der Waals surface area contributed by atoms with Crippen LogP contribution in [0.5, 0.6) is 0 Å². The molecule has 1 heterocycles. The van der Waals surface area contributed by atoms with Gasteiger partial charge in [0.05, 0.1) is 7.11 Å². The highest BCUT2D eigenvalue weighted by molar-refractivity contribution is 7.14. The van der Waals surface area contributed by atoms with E-state index in [4.69, 9.17) is 9.47 Å². The zero-order chi connectivity index (χ0) is 15.3. The summed E-state index contributed by atoms with van der Waals surface area (Å²) in [5.74, 6) is -0.696. The predicted molar refractivity (Wildman–Crippen MR) is 79.8 cm³/mol. The Kier molecular flexibility index (Phi) is 5.51. The summed E-state index contributed by atoms with van der Waals surface area (Å²) in [6.45, 7) is 7.36. The average molecular weight is 296 g/mol. The summed E-state index contributed by atoms with van der Waals surface area (Å²) in [5.41, 5.74) is 0.0580. The first kappa shape index (κ1) is 16.4. The van der Waals surface area contributed by atoms with E-state index in [9.17, 15) is 9.59 Å². The molecule has 0 aliphatic carbocycles. The summed E-state index contributed by atoms with van der Waals surface area (Å²) < 4.78 is 10.00. The van der Waals surface area contributed by atoms with Crippen LogP contribution < -0.4 is 0 Å². The Labute approximate surface area is 123 Å². The molecule has 0 aliphatic heterocycles. The van der Waals surface area contributed by atoms with E-state index in [-0.39, 0.29) is 11.9 Å². The lowest BCUT2D eigenvalue weighted by Gasteiger charge is -2.18. The molecule has 0 amide bonds. The number of hydrogen-bond acceptors (Lipinski definition) is 5. The Morgan fingerprint density at radius 1 is 1.30 bits per heavy atom. The lowest BCUT2D eigenvalue weighted by Crippen LogP contribution is -2.23. The van der Waals surface area contributed by atoms with Crippen molar-refractivity contribution in [2.75, 3.05) is 7.11 Å². The minimum absolute atomic E-state index is 0.347. The third-order valence-corrected chi connectivity index (χ3v) is 3.38. The van der Waals surface area contributed by atoms with Gasteiger partial charge in [0.25, 0.3) is 0 Å². The molecule has 5 heteroatoms. The maximum atomic E-state index is 11.9. The van der Waals surface area contributed by atoms with E-state index < -0.39 is 5.60 Å². The van der Waals surface area contributed by atoms with Gasteiger partial charge in [-0.25, -0.2) is 9.59 Å². The number of ether oxygens (including phenoxy) is 2. The second-order valence-electron chi connectivity index (χ2n) is 5.22. The van der Waals surface area contributed by atoms with Crippen LogP contribution in [0.15, 0.2) is 17.7 Å². The number of thiophene rings is 1. The molecule has 0 fully saturated rings. The first-order valence-corrected chi connectivity index (χ1v) is 7.20. The predicted octanol–water partition coefficient (Wildman–Crippen LogP) is 3.67. The van der Waals surface area contributed by atoms with Crippen molar-refractivity contribution in [1.82, 2.24) is 0 Å². The van der Waals surface area contributed by atoms with Gasteiger partial charge in [-0.05, 0) is 45.4 Å². The second kappa shape index (κ2) is 6.70. The van der Waals surface area contributed by atoms with E-state index >= 15 is 0 Å². The molecular formula is C15H20O4S. The third-order valence-electron chi connectivity index (χ3n) is 2.37. The van der Waals surface area contributed by atoms with Crippen molar-refractivity contribution in [3.8, 4) is 0 Å². The van der Waals surface area contributed by atoms with Gasteiger partial charge in [-0.1, -0.05) is 6.92 Å². The minimum Gasteiger partial charge on any atom is -0.466 e. The van der Waals surface area contributed by atoms with Gasteiger partial charge >= 0.3 is 11.9 Å². The summed E-state index contributed by atoms with van der Waals surface area (Å²) in [6.07, 6.45) is 2.32. The van der Waals surface area contributed by atoms with Gasteiger partial charge in [-0.3, -0.25) is 0 Å². The molecule has 0 saturated heterocycles. The lowest BCUT2D eigenvalue weighted by molar-refractivity contribution is -0.136. The molecule has 0 spiro atoms. The van der Waals surface area contributed by atoms with Gasteiger partial charge in [0.15, 0.2) is 0 Å². The van der Waals surface area contributed by atoms with E-state index in [1.807, 2.05) is 27.7 Å². The van der Waals surface area contributed by atoms with Crippen molar-refractivity contribution >= 4 is 29.4 Å². The zero-order valence-corrected chi connectivity index (χ0v) is 13.3. The van der Waals surface area contributed by atoms with Crippen LogP contribution in [0.2, 0.25) is 0 Å². The molecule has 110 valence electrons. The number of hydrogen-bond donors (Lipinski definition) is 0. The van der Waals surface area contributed by atoms with Gasteiger partial charge in [-0.15, -0.1) is 11.3 Å². The fourth-order valence-corrected chi connectivity index (χ4v) is 2.33. The molecule has 4 nitrogen and oxygen atoms in total. The van der Waals surface area contributed by atoms with Crippen molar-refractivity contribution < 1.29 is 19.1 Å². The molecule has 0 aromatic carbocycles. The van der Waals surface area contributed by atoms with Crippen LogP contribution in [0, 0.1) is 0 Å². The van der Waals surface area contributed by atoms with Crippen LogP contribution in [-0.4, -0.2) is 24.6 Å². The highest BCUT2D eigenvalue weighted by Crippen LogP contribution is 2.23. The van der Waals surface area contributed by atoms with Crippen LogP contribution in [0.25, 0.3) is 6.08 Å². The molecule has 0 saturated carbocycles. The van der Waals surface area contributed by atoms with E-state index in [2.05, 4.69) is 0 Å². The molecule has 1 aromatic heterocycles. The number of methoxy groups -OCH3 is 1. The Balaban J connectivity index is 2.89. The Morgan fingerprint density at radius 2 is 1.95 bits per heavy atom. The highest BCUT2D eigenvalue weighted by atomic mass is 32.1. The van der Waals surface area contributed by atoms with Crippen LogP contribution >= 0.6 is 11.3 Å². The summed E-state index contributed by atoms with van der Waals surface area (Å²) in [4.78, 5) is 24.7. The Hall–Kier alpha value is -1.62. The van der Waals surface area contributed by atoms with Crippen molar-refractivity contribution in [2.24, 2.45) is 0 Å². The largest absolute Gasteiger partial charge is 0.466 e. The number of esters is 2. The van der Waals surface area contributed by atoms with Gasteiger partial charge < -0.3 is 9.47 Å². The average Bonchev–Trinajstić information content (AvgIpc) is 2.81. The Morgan fingerprint density at radius 3 is 2.45 bits per heavy atom. The minimum atomic E-state index is -0.516. The fraction of sp³-hybridized carbons (Fsp3) is 0.467. The van der Waals surface area contributed by atoms with Gasteiger partial charge in [0.1, 0.15) is 10.5 Å². The third kappa shape index (κ3) is 4.81. The normalized spacial score (nSPS) is 12.2. The van der Waals surface area contributed by atoms with Gasteiger partial charge in [-0.2, -0.15) is 0 Å². The molecule has 20 heavy (non-hydrogen) atoms. The molecule has 0 radical (unpaired) electrons. The molecule has 1 rings (SSSR count). The van der Waals surface area contributed by atoms with Crippen LogP contribution in [0.4, 0.5) is 0 Å². The monoisotopic (exact) mass is 296 g/mol. The highest BCUT2D eigenvalue weighted by Gasteiger charge is 2.19. The van der Waals surface area contributed by atoms with Crippen LogP contribution in [-0.2, 0) is 14.3 Å². The Bertz CT molecular complexity index is 520. The number of carbonyl (C=O) groups excluding carboxylic acids is 2. The number of rotatable bonds is 4. The second-order valence-corrected chi connectivity index (χ2v) is 6.33. The smallest absolute Gasteiger partial charge is 0.348 e. The summed E-state index contributed by atoms with van der Waals surface area (Å²) >= 11 is 1.29. The summed E-state index contributed by atoms with van der Waals surface area (Å²) in [6, 6.07) is 3.50. The molecule has 0 atom stereocenters. The van der Waals surface area contributed by atoms with E-state index in [0.717, 1.165) is 4.88 Å². The topological polar surface area (TPSA) is 52.6 Å². The molecule has 0 aliphatic rings. The van der Waals surface area contributed by atoms with Crippen LogP contribution in [0.3, 0.4) is 0 Å². The van der Waals surface area contributed by atoms with Crippen molar-refractivity contribution in [3.63, 3.8) is 0 Å². The maximum absolute atomic E-state index is 11.9. The number of carbonyl (C=O) groups is 2. The van der Waals surface area contributed by atoms with Crippen molar-refractivity contribution in [3.05, 3.63) is 27.5 Å².